The monoisotopic (exact) mass is 345 g/mol. The van der Waals surface area contributed by atoms with E-state index in [-0.39, 0.29) is 23.7 Å². The molecule has 1 unspecified atom stereocenters. The molecule has 9 heteroatoms. The maximum absolute atomic E-state index is 12.9. The number of halogens is 3. The van der Waals surface area contributed by atoms with Crippen LogP contribution in [-0.4, -0.2) is 53.1 Å². The molecular formula is C15H22F3N5O. The number of anilines is 1. The SMILES string of the molecule is CCC(C)NC(=O)N1CCN(c2cc(C(F)(F)F)nc(C)n2)CC1. The molecule has 0 radical (unpaired) electrons. The molecule has 1 fully saturated rings. The highest BCUT2D eigenvalue weighted by atomic mass is 19.4. The second-order valence-electron chi connectivity index (χ2n) is 5.89. The highest BCUT2D eigenvalue weighted by molar-refractivity contribution is 5.74. The van der Waals surface area contributed by atoms with Gasteiger partial charge in [-0.1, -0.05) is 6.92 Å². The molecule has 1 aliphatic rings. The Labute approximate surface area is 139 Å². The quantitative estimate of drug-likeness (QED) is 0.914. The van der Waals surface area contributed by atoms with Gasteiger partial charge in [0.15, 0.2) is 0 Å². The highest BCUT2D eigenvalue weighted by Gasteiger charge is 2.34. The third-order valence-corrected chi connectivity index (χ3v) is 3.99. The van der Waals surface area contributed by atoms with Crippen LogP contribution in [0, 0.1) is 6.92 Å². The first kappa shape index (κ1) is 18.3. The van der Waals surface area contributed by atoms with Gasteiger partial charge < -0.3 is 15.1 Å². The maximum atomic E-state index is 12.9. The minimum Gasteiger partial charge on any atom is -0.353 e. The zero-order valence-electron chi connectivity index (χ0n) is 14.0. The van der Waals surface area contributed by atoms with Gasteiger partial charge in [-0.25, -0.2) is 14.8 Å². The number of piperazine rings is 1. The van der Waals surface area contributed by atoms with E-state index in [1.165, 1.54) is 6.92 Å². The number of rotatable bonds is 3. The number of amides is 2. The molecule has 0 aromatic carbocycles. The first-order valence-corrected chi connectivity index (χ1v) is 7.94. The van der Waals surface area contributed by atoms with Crippen molar-refractivity contribution in [3.8, 4) is 0 Å². The van der Waals surface area contributed by atoms with Gasteiger partial charge >= 0.3 is 12.2 Å². The van der Waals surface area contributed by atoms with E-state index >= 15 is 0 Å². The number of hydrogen-bond acceptors (Lipinski definition) is 4. The average Bonchev–Trinajstić information content (AvgIpc) is 2.53. The summed E-state index contributed by atoms with van der Waals surface area (Å²) in [4.78, 5) is 23.0. The lowest BCUT2D eigenvalue weighted by Gasteiger charge is -2.36. The normalized spacial score (nSPS) is 16.9. The Bertz CT molecular complexity index is 585. The summed E-state index contributed by atoms with van der Waals surface area (Å²) in [5, 5.41) is 2.89. The summed E-state index contributed by atoms with van der Waals surface area (Å²) in [6, 6.07) is 0.912. The lowest BCUT2D eigenvalue weighted by atomic mass is 10.2. The van der Waals surface area contributed by atoms with Gasteiger partial charge in [-0.2, -0.15) is 13.2 Å². The predicted molar refractivity (Wildman–Crippen MR) is 83.8 cm³/mol. The first-order valence-electron chi connectivity index (χ1n) is 7.94. The molecule has 6 nitrogen and oxygen atoms in total. The van der Waals surface area contributed by atoms with E-state index in [9.17, 15) is 18.0 Å². The van der Waals surface area contributed by atoms with E-state index < -0.39 is 11.9 Å². The summed E-state index contributed by atoms with van der Waals surface area (Å²) in [6.07, 6.45) is -3.66. The largest absolute Gasteiger partial charge is 0.433 e. The zero-order chi connectivity index (χ0) is 17.9. The lowest BCUT2D eigenvalue weighted by molar-refractivity contribution is -0.141. The van der Waals surface area contributed by atoms with Crippen LogP contribution < -0.4 is 10.2 Å². The van der Waals surface area contributed by atoms with Crippen LogP contribution in [0.5, 0.6) is 0 Å². The van der Waals surface area contributed by atoms with Crippen LogP contribution in [0.4, 0.5) is 23.8 Å². The van der Waals surface area contributed by atoms with E-state index in [2.05, 4.69) is 15.3 Å². The van der Waals surface area contributed by atoms with E-state index in [1.807, 2.05) is 13.8 Å². The Kier molecular flexibility index (Phi) is 5.51. The molecule has 1 aliphatic heterocycles. The molecule has 2 rings (SSSR count). The van der Waals surface area contributed by atoms with Crippen LogP contribution in [0.2, 0.25) is 0 Å². The average molecular weight is 345 g/mol. The minimum atomic E-state index is -4.50. The van der Waals surface area contributed by atoms with Crippen molar-refractivity contribution in [2.45, 2.75) is 39.4 Å². The highest BCUT2D eigenvalue weighted by Crippen LogP contribution is 2.29. The van der Waals surface area contributed by atoms with Crippen molar-refractivity contribution in [1.29, 1.82) is 0 Å². The molecule has 1 aromatic rings. The van der Waals surface area contributed by atoms with Crippen LogP contribution in [0.15, 0.2) is 6.07 Å². The molecule has 0 bridgehead atoms. The summed E-state index contributed by atoms with van der Waals surface area (Å²) in [5.74, 6) is 0.327. The van der Waals surface area contributed by atoms with Crippen LogP contribution in [-0.2, 0) is 6.18 Å². The number of urea groups is 1. The molecule has 0 saturated carbocycles. The number of nitrogens with zero attached hydrogens (tertiary/aromatic N) is 4. The van der Waals surface area contributed by atoms with Gasteiger partial charge in [0.05, 0.1) is 0 Å². The molecular weight excluding hydrogens is 323 g/mol. The molecule has 0 aliphatic carbocycles. The Morgan fingerprint density at radius 3 is 2.46 bits per heavy atom. The van der Waals surface area contributed by atoms with E-state index in [0.29, 0.717) is 26.2 Å². The topological polar surface area (TPSA) is 61.4 Å². The van der Waals surface area contributed by atoms with E-state index in [4.69, 9.17) is 0 Å². The molecule has 1 saturated heterocycles. The summed E-state index contributed by atoms with van der Waals surface area (Å²) >= 11 is 0. The number of aryl methyl sites for hydroxylation is 1. The number of hydrogen-bond donors (Lipinski definition) is 1. The lowest BCUT2D eigenvalue weighted by Crippen LogP contribution is -2.53. The number of nitrogens with one attached hydrogen (secondary N) is 1. The summed E-state index contributed by atoms with van der Waals surface area (Å²) in [6.45, 7) is 7.09. The third kappa shape index (κ3) is 4.48. The number of carbonyl (C=O) groups excluding carboxylic acids is 1. The standard InChI is InChI=1S/C15H22F3N5O/c1-4-10(2)19-14(24)23-7-5-22(6-8-23)13-9-12(15(16,17)18)20-11(3)21-13/h9-10H,4-8H2,1-3H3,(H,19,24). The first-order chi connectivity index (χ1) is 11.2. The van der Waals surface area contributed by atoms with Crippen molar-refractivity contribution >= 4 is 11.8 Å². The van der Waals surface area contributed by atoms with Crippen molar-refractivity contribution in [1.82, 2.24) is 20.2 Å². The molecule has 1 aromatic heterocycles. The Morgan fingerprint density at radius 1 is 1.29 bits per heavy atom. The number of alkyl halides is 3. The van der Waals surface area contributed by atoms with Crippen LogP contribution in [0.25, 0.3) is 0 Å². The van der Waals surface area contributed by atoms with Crippen LogP contribution in [0.1, 0.15) is 31.8 Å². The van der Waals surface area contributed by atoms with Crippen molar-refractivity contribution in [2.24, 2.45) is 0 Å². The predicted octanol–water partition coefficient (Wildman–Crippen LogP) is 2.43. The summed E-state index contributed by atoms with van der Waals surface area (Å²) in [5.41, 5.74) is -0.943. The molecule has 1 N–H and O–H groups in total. The Hall–Kier alpha value is -2.06. The second kappa shape index (κ2) is 7.23. The van der Waals surface area contributed by atoms with Gasteiger partial charge in [-0.05, 0) is 20.3 Å². The molecule has 1 atom stereocenters. The fourth-order valence-electron chi connectivity index (χ4n) is 2.40. The Balaban J connectivity index is 2.02. The smallest absolute Gasteiger partial charge is 0.353 e. The van der Waals surface area contributed by atoms with Gasteiger partial charge in [-0.3, -0.25) is 0 Å². The van der Waals surface area contributed by atoms with Crippen molar-refractivity contribution in [2.75, 3.05) is 31.1 Å². The van der Waals surface area contributed by atoms with Crippen molar-refractivity contribution < 1.29 is 18.0 Å². The molecule has 134 valence electrons. The van der Waals surface area contributed by atoms with Crippen LogP contribution in [0.3, 0.4) is 0 Å². The van der Waals surface area contributed by atoms with Crippen molar-refractivity contribution in [3.63, 3.8) is 0 Å². The van der Waals surface area contributed by atoms with Gasteiger partial charge in [-0.15, -0.1) is 0 Å². The molecule has 2 amide bonds. The Morgan fingerprint density at radius 2 is 1.92 bits per heavy atom. The summed E-state index contributed by atoms with van der Waals surface area (Å²) < 4.78 is 38.6. The van der Waals surface area contributed by atoms with Crippen molar-refractivity contribution in [3.05, 3.63) is 17.6 Å². The van der Waals surface area contributed by atoms with Gasteiger partial charge in [0.1, 0.15) is 17.3 Å². The number of carbonyl (C=O) groups is 1. The summed E-state index contributed by atoms with van der Waals surface area (Å²) in [7, 11) is 0. The van der Waals surface area contributed by atoms with Crippen LogP contribution >= 0.6 is 0 Å². The maximum Gasteiger partial charge on any atom is 0.433 e. The fraction of sp³-hybridized carbons (Fsp3) is 0.667. The van der Waals surface area contributed by atoms with E-state index in [1.54, 1.807) is 9.80 Å². The third-order valence-electron chi connectivity index (χ3n) is 3.99. The minimum absolute atomic E-state index is 0.0803. The van der Waals surface area contributed by atoms with E-state index in [0.717, 1.165) is 12.5 Å². The second-order valence-corrected chi connectivity index (χ2v) is 5.89. The van der Waals surface area contributed by atoms with Gasteiger partial charge in [0.25, 0.3) is 0 Å². The molecule has 24 heavy (non-hydrogen) atoms. The molecule has 0 spiro atoms. The zero-order valence-corrected chi connectivity index (χ0v) is 14.0. The number of aromatic nitrogens is 2. The molecule has 2 heterocycles. The van der Waals surface area contributed by atoms with Gasteiger partial charge in [0, 0.05) is 38.3 Å². The fourth-order valence-corrected chi connectivity index (χ4v) is 2.40. The van der Waals surface area contributed by atoms with Gasteiger partial charge in [0.2, 0.25) is 0 Å².